The van der Waals surface area contributed by atoms with Crippen molar-refractivity contribution in [2.24, 2.45) is 0 Å². The molecule has 1 aliphatic rings. The minimum atomic E-state index is -1.03. The average Bonchev–Trinajstić information content (AvgIpc) is 2.71. The molecule has 0 spiro atoms. The van der Waals surface area contributed by atoms with Crippen LogP contribution in [0.15, 0.2) is 42.5 Å². The summed E-state index contributed by atoms with van der Waals surface area (Å²) in [6.07, 6.45) is 0. The molecule has 3 rings (SSSR count). The van der Waals surface area contributed by atoms with Crippen molar-refractivity contribution < 1.29 is 18.3 Å². The molecule has 0 aliphatic carbocycles. The Hall–Kier alpha value is -2.51. The van der Waals surface area contributed by atoms with Crippen molar-refractivity contribution in [2.45, 2.75) is 6.04 Å². The number of halogens is 2. The van der Waals surface area contributed by atoms with Gasteiger partial charge in [-0.05, 0) is 35.9 Å². The highest BCUT2D eigenvalue weighted by Gasteiger charge is 2.23. The molecule has 0 saturated carbocycles. The van der Waals surface area contributed by atoms with Crippen molar-refractivity contribution in [3.63, 3.8) is 0 Å². The Morgan fingerprint density at radius 2 is 1.79 bits per heavy atom. The normalized spacial score (nSPS) is 15.9. The molecule has 2 aromatic rings. The predicted octanol–water partition coefficient (Wildman–Crippen LogP) is 2.83. The quantitative estimate of drug-likeness (QED) is 0.825. The van der Waals surface area contributed by atoms with E-state index in [1.807, 2.05) is 31.1 Å². The zero-order valence-corrected chi connectivity index (χ0v) is 16.1. The van der Waals surface area contributed by atoms with Crippen molar-refractivity contribution >= 4 is 11.6 Å². The van der Waals surface area contributed by atoms with Gasteiger partial charge in [0.15, 0.2) is 11.6 Å². The fourth-order valence-corrected chi connectivity index (χ4v) is 3.27. The number of amides is 1. The van der Waals surface area contributed by atoms with Crippen LogP contribution in [0.4, 0.5) is 14.5 Å². The first-order valence-electron chi connectivity index (χ1n) is 9.28. The number of morpholine rings is 1. The van der Waals surface area contributed by atoms with Gasteiger partial charge in [0, 0.05) is 45.0 Å². The molecule has 0 bridgehead atoms. The summed E-state index contributed by atoms with van der Waals surface area (Å²) < 4.78 is 32.0. The van der Waals surface area contributed by atoms with E-state index in [0.717, 1.165) is 36.5 Å². The molecular formula is C21H25F2N3O2. The van der Waals surface area contributed by atoms with E-state index in [1.165, 1.54) is 6.07 Å². The second kappa shape index (κ2) is 9.12. The number of carbonyl (C=O) groups excluding carboxylic acids is 1. The monoisotopic (exact) mass is 389 g/mol. The Bertz CT molecular complexity index is 806. The Morgan fingerprint density at radius 1 is 1.11 bits per heavy atom. The van der Waals surface area contributed by atoms with Gasteiger partial charge in [0.25, 0.3) is 5.91 Å². The van der Waals surface area contributed by atoms with Gasteiger partial charge in [-0.2, -0.15) is 0 Å². The molecule has 1 N–H and O–H groups in total. The summed E-state index contributed by atoms with van der Waals surface area (Å²) in [5.74, 6) is -2.43. The smallest absolute Gasteiger partial charge is 0.251 e. The maximum Gasteiger partial charge on any atom is 0.251 e. The maximum absolute atomic E-state index is 13.4. The summed E-state index contributed by atoms with van der Waals surface area (Å²) in [6.45, 7) is 3.17. The fraction of sp³-hybridized carbons (Fsp3) is 0.381. The van der Waals surface area contributed by atoms with Gasteiger partial charge in [0.05, 0.1) is 19.3 Å². The molecule has 1 fully saturated rings. The number of carbonyl (C=O) groups is 1. The Morgan fingerprint density at radius 3 is 2.39 bits per heavy atom. The number of benzene rings is 2. The molecule has 1 atom stereocenters. The Kier molecular flexibility index (Phi) is 6.59. The third-order valence-electron chi connectivity index (χ3n) is 4.92. The van der Waals surface area contributed by atoms with E-state index in [0.29, 0.717) is 19.8 Å². The molecule has 1 heterocycles. The first-order chi connectivity index (χ1) is 13.5. The number of hydrogen-bond acceptors (Lipinski definition) is 4. The number of nitrogens with zero attached hydrogens (tertiary/aromatic N) is 2. The van der Waals surface area contributed by atoms with E-state index in [-0.39, 0.29) is 11.6 Å². The van der Waals surface area contributed by atoms with Crippen LogP contribution in [-0.4, -0.2) is 57.8 Å². The molecule has 0 aromatic heterocycles. The molecule has 0 unspecified atom stereocenters. The second-order valence-electron chi connectivity index (χ2n) is 6.99. The standard InChI is InChI=1S/C21H25F2N3O2/c1-25(2)17-6-3-15(4-7-17)20(26-9-11-28-12-10-26)14-24-21(27)16-5-8-18(22)19(23)13-16/h3-8,13,20H,9-12,14H2,1-2H3,(H,24,27)/t20-/m0/s1. The lowest BCUT2D eigenvalue weighted by Crippen LogP contribution is -2.43. The lowest BCUT2D eigenvalue weighted by molar-refractivity contribution is 0.0162. The van der Waals surface area contributed by atoms with Crippen LogP contribution >= 0.6 is 0 Å². The molecule has 2 aromatic carbocycles. The number of hydrogen-bond donors (Lipinski definition) is 1. The summed E-state index contributed by atoms with van der Waals surface area (Å²) >= 11 is 0. The zero-order valence-electron chi connectivity index (χ0n) is 16.1. The Balaban J connectivity index is 1.75. The first-order valence-corrected chi connectivity index (χ1v) is 9.28. The molecule has 1 aliphatic heterocycles. The number of ether oxygens (including phenoxy) is 1. The van der Waals surface area contributed by atoms with Crippen LogP contribution in [0, 0.1) is 11.6 Å². The number of rotatable bonds is 6. The summed E-state index contributed by atoms with van der Waals surface area (Å²) in [7, 11) is 3.97. The van der Waals surface area contributed by atoms with Crippen LogP contribution in [0.3, 0.4) is 0 Å². The van der Waals surface area contributed by atoms with E-state index in [4.69, 9.17) is 4.74 Å². The van der Waals surface area contributed by atoms with Crippen LogP contribution in [0.2, 0.25) is 0 Å². The predicted molar refractivity (Wildman–Crippen MR) is 105 cm³/mol. The van der Waals surface area contributed by atoms with Crippen molar-refractivity contribution in [3.8, 4) is 0 Å². The summed E-state index contributed by atoms with van der Waals surface area (Å²) in [4.78, 5) is 16.7. The van der Waals surface area contributed by atoms with Crippen LogP contribution in [0.25, 0.3) is 0 Å². The van der Waals surface area contributed by atoms with E-state index in [2.05, 4.69) is 22.3 Å². The van der Waals surface area contributed by atoms with Crippen LogP contribution in [-0.2, 0) is 4.74 Å². The van der Waals surface area contributed by atoms with Crippen molar-refractivity contribution in [1.29, 1.82) is 0 Å². The molecule has 5 nitrogen and oxygen atoms in total. The molecule has 0 radical (unpaired) electrons. The third kappa shape index (κ3) is 4.85. The van der Waals surface area contributed by atoms with Crippen molar-refractivity contribution in [3.05, 3.63) is 65.2 Å². The highest BCUT2D eigenvalue weighted by Crippen LogP contribution is 2.24. The summed E-state index contributed by atoms with van der Waals surface area (Å²) in [5, 5.41) is 2.86. The minimum Gasteiger partial charge on any atom is -0.379 e. The topological polar surface area (TPSA) is 44.8 Å². The molecule has 150 valence electrons. The third-order valence-corrected chi connectivity index (χ3v) is 4.92. The largest absolute Gasteiger partial charge is 0.379 e. The lowest BCUT2D eigenvalue weighted by atomic mass is 10.0. The molecule has 28 heavy (non-hydrogen) atoms. The zero-order chi connectivity index (χ0) is 20.1. The molecular weight excluding hydrogens is 364 g/mol. The average molecular weight is 389 g/mol. The lowest BCUT2D eigenvalue weighted by Gasteiger charge is -2.35. The summed E-state index contributed by atoms with van der Waals surface area (Å²) in [5.41, 5.74) is 2.27. The molecule has 1 saturated heterocycles. The number of anilines is 1. The number of nitrogens with one attached hydrogen (secondary N) is 1. The molecule has 1 amide bonds. The van der Waals surface area contributed by atoms with Gasteiger partial charge in [-0.25, -0.2) is 8.78 Å². The van der Waals surface area contributed by atoms with Gasteiger partial charge in [0.1, 0.15) is 0 Å². The van der Waals surface area contributed by atoms with Gasteiger partial charge >= 0.3 is 0 Å². The van der Waals surface area contributed by atoms with Gasteiger partial charge < -0.3 is 15.0 Å². The van der Waals surface area contributed by atoms with Gasteiger partial charge in [-0.3, -0.25) is 9.69 Å². The van der Waals surface area contributed by atoms with Crippen molar-refractivity contribution in [2.75, 3.05) is 51.8 Å². The minimum absolute atomic E-state index is 0.0330. The van der Waals surface area contributed by atoms with Crippen LogP contribution in [0.5, 0.6) is 0 Å². The van der Waals surface area contributed by atoms with E-state index >= 15 is 0 Å². The fourth-order valence-electron chi connectivity index (χ4n) is 3.27. The van der Waals surface area contributed by atoms with Gasteiger partial charge in [-0.15, -0.1) is 0 Å². The van der Waals surface area contributed by atoms with Crippen LogP contribution < -0.4 is 10.2 Å². The highest BCUT2D eigenvalue weighted by atomic mass is 19.2. The SMILES string of the molecule is CN(C)c1ccc([C@H](CNC(=O)c2ccc(F)c(F)c2)N2CCOCC2)cc1. The van der Waals surface area contributed by atoms with Crippen molar-refractivity contribution in [1.82, 2.24) is 10.2 Å². The van der Waals surface area contributed by atoms with E-state index < -0.39 is 17.5 Å². The van der Waals surface area contributed by atoms with E-state index in [9.17, 15) is 13.6 Å². The highest BCUT2D eigenvalue weighted by molar-refractivity contribution is 5.94. The maximum atomic E-state index is 13.4. The van der Waals surface area contributed by atoms with Crippen LogP contribution in [0.1, 0.15) is 22.0 Å². The summed E-state index contributed by atoms with van der Waals surface area (Å²) in [6, 6.07) is 11.3. The van der Waals surface area contributed by atoms with E-state index in [1.54, 1.807) is 0 Å². The molecule has 7 heteroatoms. The first kappa shape index (κ1) is 20.2. The van der Waals surface area contributed by atoms with Gasteiger partial charge in [-0.1, -0.05) is 12.1 Å². The van der Waals surface area contributed by atoms with Gasteiger partial charge in [0.2, 0.25) is 0 Å². The Labute approximate surface area is 163 Å². The second-order valence-corrected chi connectivity index (χ2v) is 6.99.